The third kappa shape index (κ3) is 2.19. The molecule has 2 rings (SSSR count). The van der Waals surface area contributed by atoms with E-state index in [0.29, 0.717) is 11.1 Å². The first-order chi connectivity index (χ1) is 8.69. The third-order valence-corrected chi connectivity index (χ3v) is 3.59. The minimum atomic E-state index is -0.248. The normalized spacial score (nSPS) is 15.1. The first-order valence-corrected chi connectivity index (χ1v) is 6.71. The van der Waals surface area contributed by atoms with E-state index in [-0.39, 0.29) is 17.8 Å². The number of aliphatic imine (C=N–C) groups is 1. The number of amides is 1. The highest BCUT2D eigenvalue weighted by Crippen LogP contribution is 2.32. The zero-order valence-electron chi connectivity index (χ0n) is 11.0. The van der Waals surface area contributed by atoms with E-state index in [4.69, 9.17) is 0 Å². The molecule has 0 aromatic carbocycles. The number of unbranched alkanes of at least 4 members (excludes halogenated alkanes) is 2. The summed E-state index contributed by atoms with van der Waals surface area (Å²) in [6, 6.07) is 0.267. The molecular weight excluding hydrogens is 228 g/mol. The summed E-state index contributed by atoms with van der Waals surface area (Å²) >= 11 is 0. The monoisotopic (exact) mass is 248 g/mol. The van der Waals surface area contributed by atoms with Gasteiger partial charge in [-0.15, -0.1) is 0 Å². The minimum Gasteiger partial charge on any atom is -0.494 e. The molecule has 1 atom stereocenters. The molecule has 1 N–H and O–H groups in total. The molecule has 0 fully saturated rings. The van der Waals surface area contributed by atoms with Crippen molar-refractivity contribution in [1.82, 2.24) is 4.57 Å². The van der Waals surface area contributed by atoms with Crippen LogP contribution >= 0.6 is 0 Å². The van der Waals surface area contributed by atoms with Crippen molar-refractivity contribution in [3.05, 3.63) is 17.3 Å². The average Bonchev–Trinajstić information content (AvgIpc) is 2.88. The zero-order valence-corrected chi connectivity index (χ0v) is 11.0. The van der Waals surface area contributed by atoms with Gasteiger partial charge in [-0.3, -0.25) is 4.79 Å². The molecule has 1 amide bonds. The molecule has 0 saturated carbocycles. The van der Waals surface area contributed by atoms with Gasteiger partial charge in [-0.25, -0.2) is 4.99 Å². The van der Waals surface area contributed by atoms with Crippen LogP contribution in [0.1, 0.15) is 67.9 Å². The second-order valence-corrected chi connectivity index (χ2v) is 4.81. The van der Waals surface area contributed by atoms with Crippen molar-refractivity contribution >= 4 is 12.1 Å². The van der Waals surface area contributed by atoms with Gasteiger partial charge in [0.25, 0.3) is 5.91 Å². The van der Waals surface area contributed by atoms with Crippen molar-refractivity contribution < 1.29 is 9.90 Å². The molecule has 1 aliphatic heterocycles. The number of fused-ring (bicyclic) bond motifs is 1. The van der Waals surface area contributed by atoms with Crippen LogP contribution in [0.2, 0.25) is 0 Å². The summed E-state index contributed by atoms with van der Waals surface area (Å²) in [5, 5.41) is 10.1. The van der Waals surface area contributed by atoms with Crippen LogP contribution in [0.15, 0.2) is 11.2 Å². The van der Waals surface area contributed by atoms with Gasteiger partial charge in [-0.2, -0.15) is 0 Å². The summed E-state index contributed by atoms with van der Waals surface area (Å²) in [6.45, 7) is 4.29. The van der Waals surface area contributed by atoms with Gasteiger partial charge in [0.2, 0.25) is 5.88 Å². The lowest BCUT2D eigenvalue weighted by molar-refractivity contribution is 0.101. The highest BCUT2D eigenvalue weighted by molar-refractivity contribution is 6.14. The molecular formula is C14H20N2O2. The summed E-state index contributed by atoms with van der Waals surface area (Å²) < 4.78 is 1.84. The SMILES string of the molecule is CCCCCC(CC)n1cc2c(c1O)C=NC2=O. The predicted molar refractivity (Wildman–Crippen MR) is 71.5 cm³/mol. The molecule has 4 heteroatoms. The molecule has 18 heavy (non-hydrogen) atoms. The fourth-order valence-electron chi connectivity index (χ4n) is 2.47. The zero-order chi connectivity index (χ0) is 13.1. The van der Waals surface area contributed by atoms with Crippen LogP contribution < -0.4 is 0 Å². The van der Waals surface area contributed by atoms with Crippen LogP contribution in [0.5, 0.6) is 5.88 Å². The number of nitrogens with zero attached hydrogens (tertiary/aromatic N) is 2. The molecule has 4 nitrogen and oxygen atoms in total. The van der Waals surface area contributed by atoms with Gasteiger partial charge in [-0.1, -0.05) is 33.1 Å². The largest absolute Gasteiger partial charge is 0.494 e. The molecule has 0 spiro atoms. The number of hydrogen-bond donors (Lipinski definition) is 1. The number of aromatic hydroxyl groups is 1. The molecule has 0 radical (unpaired) electrons. The van der Waals surface area contributed by atoms with Crippen LogP contribution in [-0.4, -0.2) is 21.8 Å². The number of carbonyl (C=O) groups is 1. The molecule has 0 saturated heterocycles. The minimum absolute atomic E-state index is 0.183. The van der Waals surface area contributed by atoms with Crippen molar-refractivity contribution in [2.24, 2.45) is 4.99 Å². The summed E-state index contributed by atoms with van der Waals surface area (Å²) in [7, 11) is 0. The van der Waals surface area contributed by atoms with E-state index in [2.05, 4.69) is 18.8 Å². The van der Waals surface area contributed by atoms with E-state index in [1.54, 1.807) is 6.20 Å². The van der Waals surface area contributed by atoms with Gasteiger partial charge in [0.05, 0.1) is 11.1 Å². The van der Waals surface area contributed by atoms with E-state index >= 15 is 0 Å². The third-order valence-electron chi connectivity index (χ3n) is 3.59. The number of rotatable bonds is 6. The first kappa shape index (κ1) is 12.9. The summed E-state index contributed by atoms with van der Waals surface area (Å²) in [4.78, 5) is 15.2. The van der Waals surface area contributed by atoms with Gasteiger partial charge in [-0.05, 0) is 12.8 Å². The van der Waals surface area contributed by atoms with E-state index in [1.807, 2.05) is 4.57 Å². The Balaban J connectivity index is 2.19. The standard InChI is InChI=1S/C14H20N2O2/c1-3-5-6-7-10(4-2)16-9-12-11(14(16)18)8-15-13(12)17/h8-10,18H,3-7H2,1-2H3. The average molecular weight is 248 g/mol. The number of carbonyl (C=O) groups excluding carboxylic acids is 1. The van der Waals surface area contributed by atoms with E-state index in [0.717, 1.165) is 19.3 Å². The summed E-state index contributed by atoms with van der Waals surface area (Å²) in [6.07, 6.45) is 8.75. The van der Waals surface area contributed by atoms with Gasteiger partial charge < -0.3 is 9.67 Å². The smallest absolute Gasteiger partial charge is 0.279 e. The van der Waals surface area contributed by atoms with Gasteiger partial charge in [0.15, 0.2) is 0 Å². The Kier molecular flexibility index (Phi) is 3.84. The second kappa shape index (κ2) is 5.38. The fourth-order valence-corrected chi connectivity index (χ4v) is 2.47. The van der Waals surface area contributed by atoms with Crippen molar-refractivity contribution in [2.45, 2.75) is 52.0 Å². The lowest BCUT2D eigenvalue weighted by Gasteiger charge is -2.18. The van der Waals surface area contributed by atoms with E-state index in [9.17, 15) is 9.90 Å². The van der Waals surface area contributed by atoms with Crippen LogP contribution in [0.3, 0.4) is 0 Å². The molecule has 2 heterocycles. The molecule has 1 aliphatic rings. The Morgan fingerprint density at radius 1 is 1.39 bits per heavy atom. The van der Waals surface area contributed by atoms with E-state index < -0.39 is 0 Å². The summed E-state index contributed by atoms with van der Waals surface area (Å²) in [5.74, 6) is -0.0644. The topological polar surface area (TPSA) is 54.6 Å². The Morgan fingerprint density at radius 3 is 2.78 bits per heavy atom. The molecule has 98 valence electrons. The van der Waals surface area contributed by atoms with E-state index in [1.165, 1.54) is 19.1 Å². The quantitative estimate of drug-likeness (QED) is 0.785. The molecule has 0 aliphatic carbocycles. The Bertz CT molecular complexity index is 474. The van der Waals surface area contributed by atoms with Crippen molar-refractivity contribution in [2.75, 3.05) is 0 Å². The maximum atomic E-state index is 11.5. The lowest BCUT2D eigenvalue weighted by atomic mass is 10.1. The number of hydrogen-bond acceptors (Lipinski definition) is 2. The predicted octanol–water partition coefficient (Wildman–Crippen LogP) is 3.30. The lowest BCUT2D eigenvalue weighted by Crippen LogP contribution is -2.07. The molecule has 1 unspecified atom stereocenters. The van der Waals surface area contributed by atoms with Crippen LogP contribution in [0.4, 0.5) is 0 Å². The van der Waals surface area contributed by atoms with Gasteiger partial charge in [0, 0.05) is 18.5 Å². The Labute approximate surface area is 107 Å². The van der Waals surface area contributed by atoms with Crippen LogP contribution in [-0.2, 0) is 0 Å². The highest BCUT2D eigenvalue weighted by Gasteiger charge is 2.25. The Hall–Kier alpha value is -1.58. The second-order valence-electron chi connectivity index (χ2n) is 4.81. The summed E-state index contributed by atoms with van der Waals surface area (Å²) in [5.41, 5.74) is 1.11. The number of aromatic nitrogens is 1. The molecule has 0 bridgehead atoms. The maximum absolute atomic E-state index is 11.5. The van der Waals surface area contributed by atoms with Crippen LogP contribution in [0.25, 0.3) is 0 Å². The van der Waals surface area contributed by atoms with Crippen molar-refractivity contribution in [3.8, 4) is 5.88 Å². The van der Waals surface area contributed by atoms with Crippen LogP contribution in [0, 0.1) is 0 Å². The highest BCUT2D eigenvalue weighted by atomic mass is 16.3. The van der Waals surface area contributed by atoms with Gasteiger partial charge >= 0.3 is 0 Å². The van der Waals surface area contributed by atoms with Crippen molar-refractivity contribution in [1.29, 1.82) is 0 Å². The fraction of sp³-hybridized carbons (Fsp3) is 0.571. The maximum Gasteiger partial charge on any atom is 0.279 e. The van der Waals surface area contributed by atoms with Gasteiger partial charge in [0.1, 0.15) is 0 Å². The Morgan fingerprint density at radius 2 is 2.17 bits per heavy atom. The van der Waals surface area contributed by atoms with Crippen molar-refractivity contribution in [3.63, 3.8) is 0 Å². The molecule has 1 aromatic heterocycles. The molecule has 1 aromatic rings. The first-order valence-electron chi connectivity index (χ1n) is 6.71.